The fourth-order valence-corrected chi connectivity index (χ4v) is 6.21. The fraction of sp³-hybridized carbons (Fsp3) is 0.438. The molecule has 6 heterocycles. The third-order valence-corrected chi connectivity index (χ3v) is 8.72. The number of H-pyrrole nitrogens is 1. The van der Waals surface area contributed by atoms with Crippen molar-refractivity contribution in [2.24, 2.45) is 7.05 Å². The van der Waals surface area contributed by atoms with Gasteiger partial charge in [0.1, 0.15) is 18.2 Å². The Morgan fingerprint density at radius 3 is 2.85 bits per heavy atom. The molecule has 46 heavy (non-hydrogen) atoms. The highest BCUT2D eigenvalue weighted by Crippen LogP contribution is 2.36. The minimum atomic E-state index is -0.160. The van der Waals surface area contributed by atoms with Gasteiger partial charge in [0, 0.05) is 80.3 Å². The van der Waals surface area contributed by atoms with Gasteiger partial charge < -0.3 is 30.0 Å². The number of morpholine rings is 1. The van der Waals surface area contributed by atoms with E-state index in [1.807, 2.05) is 45.4 Å². The van der Waals surface area contributed by atoms with Gasteiger partial charge in [-0.2, -0.15) is 5.10 Å². The number of nitrogens with one attached hydrogen (secondary N) is 3. The second-order valence-corrected chi connectivity index (χ2v) is 12.0. The lowest BCUT2D eigenvalue weighted by Gasteiger charge is -2.27. The molecule has 7 rings (SSSR count). The number of aromatic nitrogens is 7. The molecule has 1 unspecified atom stereocenters. The van der Waals surface area contributed by atoms with E-state index < -0.39 is 0 Å². The number of nitrogens with zero attached hydrogens (tertiary/aromatic N) is 8. The van der Waals surface area contributed by atoms with Crippen molar-refractivity contribution in [2.45, 2.75) is 38.8 Å². The first-order chi connectivity index (χ1) is 22.4. The summed E-state index contributed by atoms with van der Waals surface area (Å²) in [6.45, 7) is 8.72. The summed E-state index contributed by atoms with van der Waals surface area (Å²) in [6, 6.07) is 3.68. The fourth-order valence-electron chi connectivity index (χ4n) is 6.21. The van der Waals surface area contributed by atoms with Crippen LogP contribution in [0.2, 0.25) is 0 Å². The molecule has 0 spiro atoms. The number of carbonyl (C=O) groups is 1. The van der Waals surface area contributed by atoms with Gasteiger partial charge in [-0.25, -0.2) is 19.9 Å². The number of carbonyl (C=O) groups excluding carboxylic acids is 1. The number of likely N-dealkylation sites (tertiary alicyclic amines) is 1. The smallest absolute Gasteiger partial charge is 0.234 e. The molecule has 4 aromatic rings. The Balaban J connectivity index is 0.965. The number of ether oxygens (including phenoxy) is 2. The first kappa shape index (κ1) is 29.9. The zero-order valence-electron chi connectivity index (χ0n) is 26.4. The molecule has 2 saturated heterocycles. The topological polar surface area (TPSA) is 151 Å². The number of anilines is 3. The molecular weight excluding hydrogens is 586 g/mol. The van der Waals surface area contributed by atoms with E-state index in [9.17, 15) is 4.79 Å². The van der Waals surface area contributed by atoms with Gasteiger partial charge in [0.05, 0.1) is 31.5 Å². The monoisotopic (exact) mass is 625 g/mol. The van der Waals surface area contributed by atoms with Gasteiger partial charge in [0.15, 0.2) is 5.82 Å². The summed E-state index contributed by atoms with van der Waals surface area (Å²) in [5.74, 6) is 2.56. The normalized spacial score (nSPS) is 19.7. The lowest BCUT2D eigenvalue weighted by atomic mass is 9.95. The number of aryl methyl sites for hydroxylation is 3. The Labute approximate surface area is 267 Å². The van der Waals surface area contributed by atoms with Crippen LogP contribution in [0.3, 0.4) is 0 Å². The summed E-state index contributed by atoms with van der Waals surface area (Å²) >= 11 is 0. The van der Waals surface area contributed by atoms with Crippen LogP contribution < -0.4 is 20.3 Å². The van der Waals surface area contributed by atoms with Crippen LogP contribution in [0.1, 0.15) is 41.4 Å². The molecule has 3 N–H and O–H groups in total. The molecule has 0 saturated carbocycles. The maximum atomic E-state index is 13.2. The summed E-state index contributed by atoms with van der Waals surface area (Å²) < 4.78 is 13.5. The number of fused-ring (bicyclic) bond motifs is 1. The van der Waals surface area contributed by atoms with Crippen molar-refractivity contribution >= 4 is 29.6 Å². The SMILES string of the molecule is Cc1cnc(Nc2cc(C)n(C)n2)nc1-c1c[nH]c2c1C=CCC2NC(=O)CN1CC[C@H](Oc2cc(N3CCOCC3)ncn2)C1. The van der Waals surface area contributed by atoms with E-state index in [4.69, 9.17) is 14.5 Å². The van der Waals surface area contributed by atoms with Crippen molar-refractivity contribution in [2.75, 3.05) is 56.2 Å². The lowest BCUT2D eigenvalue weighted by molar-refractivity contribution is -0.122. The molecule has 1 aliphatic carbocycles. The Kier molecular flexibility index (Phi) is 8.37. The molecule has 1 amide bonds. The predicted octanol–water partition coefficient (Wildman–Crippen LogP) is 2.92. The second kappa shape index (κ2) is 12.9. The molecule has 14 heteroatoms. The summed E-state index contributed by atoms with van der Waals surface area (Å²) in [5.41, 5.74) is 5.77. The van der Waals surface area contributed by atoms with Crippen LogP contribution in [-0.2, 0) is 16.6 Å². The van der Waals surface area contributed by atoms with Crippen LogP contribution >= 0.6 is 0 Å². The van der Waals surface area contributed by atoms with Crippen molar-refractivity contribution in [1.82, 2.24) is 44.9 Å². The van der Waals surface area contributed by atoms with Crippen molar-refractivity contribution < 1.29 is 14.3 Å². The first-order valence-corrected chi connectivity index (χ1v) is 15.7. The van der Waals surface area contributed by atoms with E-state index in [0.29, 0.717) is 50.4 Å². The maximum absolute atomic E-state index is 13.2. The lowest BCUT2D eigenvalue weighted by Crippen LogP contribution is -2.39. The number of hydrogen-bond donors (Lipinski definition) is 3. The molecule has 0 bridgehead atoms. The molecule has 4 aromatic heterocycles. The van der Waals surface area contributed by atoms with Crippen molar-refractivity contribution in [1.29, 1.82) is 0 Å². The van der Waals surface area contributed by atoms with Crippen molar-refractivity contribution in [3.8, 4) is 17.1 Å². The summed E-state index contributed by atoms with van der Waals surface area (Å²) in [7, 11) is 1.90. The second-order valence-electron chi connectivity index (χ2n) is 12.0. The largest absolute Gasteiger partial charge is 0.473 e. The van der Waals surface area contributed by atoms with Gasteiger partial charge in [-0.15, -0.1) is 0 Å². The van der Waals surface area contributed by atoms with E-state index in [1.165, 1.54) is 0 Å². The number of aromatic amines is 1. The Morgan fingerprint density at radius 1 is 1.15 bits per heavy atom. The molecule has 2 aliphatic heterocycles. The molecule has 240 valence electrons. The maximum Gasteiger partial charge on any atom is 0.234 e. The average Bonchev–Trinajstić information content (AvgIpc) is 3.77. The zero-order valence-corrected chi connectivity index (χ0v) is 26.4. The predicted molar refractivity (Wildman–Crippen MR) is 173 cm³/mol. The van der Waals surface area contributed by atoms with Gasteiger partial charge in [0.25, 0.3) is 0 Å². The van der Waals surface area contributed by atoms with Crippen LogP contribution in [0.4, 0.5) is 17.6 Å². The number of rotatable bonds is 9. The zero-order chi connectivity index (χ0) is 31.6. The van der Waals surface area contributed by atoms with Crippen LogP contribution in [0.15, 0.2) is 36.9 Å². The van der Waals surface area contributed by atoms with Gasteiger partial charge in [-0.05, 0) is 32.3 Å². The first-order valence-electron chi connectivity index (χ1n) is 15.7. The van der Waals surface area contributed by atoms with E-state index >= 15 is 0 Å². The summed E-state index contributed by atoms with van der Waals surface area (Å²) in [6.07, 6.45) is 11.0. The number of hydrogen-bond acceptors (Lipinski definition) is 11. The van der Waals surface area contributed by atoms with E-state index in [-0.39, 0.29) is 18.1 Å². The van der Waals surface area contributed by atoms with Crippen LogP contribution in [0, 0.1) is 13.8 Å². The minimum Gasteiger partial charge on any atom is -0.473 e. The molecule has 14 nitrogen and oxygen atoms in total. The minimum absolute atomic E-state index is 0.0185. The average molecular weight is 626 g/mol. The Bertz CT molecular complexity index is 1720. The molecule has 3 aliphatic rings. The standard InChI is InChI=1S/C32H39N11O3/c1-20-15-34-32(38-26-13-21(2)41(3)40-26)39-30(20)24-16-33-31-23(24)5-4-6-25(31)37-28(44)18-42-8-7-22(17-42)46-29-14-27(35-19-36-29)43-9-11-45-12-10-43/h4-5,13-16,19,22,25,33H,6-12,17-18H2,1-3H3,(H,37,44)(H,34,38,39,40)/t22-,25?/m0/s1. The van der Waals surface area contributed by atoms with E-state index in [1.54, 1.807) is 11.0 Å². The number of amides is 1. The molecule has 0 aromatic carbocycles. The third kappa shape index (κ3) is 6.44. The van der Waals surface area contributed by atoms with Gasteiger partial charge >= 0.3 is 0 Å². The Hall–Kier alpha value is -4.82. The van der Waals surface area contributed by atoms with Gasteiger partial charge in [0.2, 0.25) is 17.7 Å². The highest BCUT2D eigenvalue weighted by molar-refractivity contribution is 5.81. The molecule has 2 atom stereocenters. The highest BCUT2D eigenvalue weighted by atomic mass is 16.5. The Morgan fingerprint density at radius 2 is 2.02 bits per heavy atom. The molecular formula is C32H39N11O3. The van der Waals surface area contributed by atoms with Crippen molar-refractivity contribution in [3.05, 3.63) is 59.4 Å². The van der Waals surface area contributed by atoms with Crippen molar-refractivity contribution in [3.63, 3.8) is 0 Å². The third-order valence-electron chi connectivity index (χ3n) is 8.72. The van der Waals surface area contributed by atoms with Gasteiger partial charge in [-0.3, -0.25) is 14.4 Å². The molecule has 2 fully saturated rings. The van der Waals surface area contributed by atoms with Crippen LogP contribution in [0.25, 0.3) is 17.3 Å². The van der Waals surface area contributed by atoms with E-state index in [2.05, 4.69) is 57.6 Å². The highest BCUT2D eigenvalue weighted by Gasteiger charge is 2.29. The van der Waals surface area contributed by atoms with Gasteiger partial charge in [-0.1, -0.05) is 12.2 Å². The van der Waals surface area contributed by atoms with Crippen LogP contribution in [0.5, 0.6) is 5.88 Å². The summed E-state index contributed by atoms with van der Waals surface area (Å²) in [5, 5.41) is 10.9. The summed E-state index contributed by atoms with van der Waals surface area (Å²) in [4.78, 5) is 39.0. The molecule has 0 radical (unpaired) electrons. The quantitative estimate of drug-likeness (QED) is 0.252. The van der Waals surface area contributed by atoms with Crippen LogP contribution in [-0.4, -0.2) is 97.5 Å². The van der Waals surface area contributed by atoms with E-state index in [0.717, 1.165) is 65.6 Å².